The molecule has 0 N–H and O–H groups in total. The number of morpholine rings is 1. The van der Waals surface area contributed by atoms with Gasteiger partial charge in [-0.1, -0.05) is 30.3 Å². The van der Waals surface area contributed by atoms with Crippen LogP contribution in [-0.2, 0) is 4.74 Å². The third kappa shape index (κ3) is 4.60. The Morgan fingerprint density at radius 3 is 2.53 bits per heavy atom. The third-order valence-corrected chi connectivity index (χ3v) is 6.06. The van der Waals surface area contributed by atoms with Crippen LogP contribution >= 0.6 is 0 Å². The molecule has 0 unspecified atom stereocenters. The van der Waals surface area contributed by atoms with Gasteiger partial charge in [0.05, 0.1) is 25.5 Å². The van der Waals surface area contributed by atoms with Crippen molar-refractivity contribution in [2.24, 2.45) is 0 Å². The van der Waals surface area contributed by atoms with E-state index in [2.05, 4.69) is 21.9 Å². The molecule has 0 radical (unpaired) electrons. The highest BCUT2D eigenvalue weighted by Gasteiger charge is 2.28. The monoisotopic (exact) mass is 409 g/mol. The topological polar surface area (TPSA) is 45.2 Å². The van der Waals surface area contributed by atoms with Gasteiger partial charge >= 0.3 is 0 Å². The normalized spacial score (nSPS) is 20.3. The lowest BCUT2D eigenvalue weighted by Gasteiger charge is -2.40. The van der Waals surface area contributed by atoms with Crippen molar-refractivity contribution in [2.75, 3.05) is 64.4 Å². The van der Waals surface area contributed by atoms with Crippen molar-refractivity contribution in [3.8, 4) is 5.75 Å². The molecular formula is C24H31N3O3. The summed E-state index contributed by atoms with van der Waals surface area (Å²) in [5.74, 6) is 1.04. The van der Waals surface area contributed by atoms with Crippen molar-refractivity contribution < 1.29 is 14.3 Å². The van der Waals surface area contributed by atoms with E-state index < -0.39 is 0 Å². The summed E-state index contributed by atoms with van der Waals surface area (Å²) in [5.41, 5.74) is 2.98. The number of piperazine rings is 1. The molecule has 0 spiro atoms. The summed E-state index contributed by atoms with van der Waals surface area (Å²) in [4.78, 5) is 19.7. The number of benzene rings is 2. The van der Waals surface area contributed by atoms with E-state index >= 15 is 0 Å². The molecule has 0 aromatic heterocycles. The first-order chi connectivity index (χ1) is 14.7. The van der Waals surface area contributed by atoms with Crippen molar-refractivity contribution in [3.63, 3.8) is 0 Å². The highest BCUT2D eigenvalue weighted by atomic mass is 16.5. The van der Waals surface area contributed by atoms with Gasteiger partial charge in [0.15, 0.2) is 0 Å². The number of ether oxygens (including phenoxy) is 2. The van der Waals surface area contributed by atoms with Crippen LogP contribution in [-0.4, -0.2) is 81.3 Å². The number of rotatable bonds is 5. The molecule has 0 aliphatic carbocycles. The summed E-state index contributed by atoms with van der Waals surface area (Å²) in [6, 6.07) is 16.0. The Kier molecular flexibility index (Phi) is 6.55. The van der Waals surface area contributed by atoms with E-state index in [1.807, 2.05) is 48.2 Å². The van der Waals surface area contributed by atoms with E-state index in [1.165, 1.54) is 0 Å². The van der Waals surface area contributed by atoms with Crippen molar-refractivity contribution in [3.05, 3.63) is 59.7 Å². The van der Waals surface area contributed by atoms with Gasteiger partial charge in [0.2, 0.25) is 0 Å². The number of anilines is 1. The summed E-state index contributed by atoms with van der Waals surface area (Å²) in [7, 11) is 1.72. The van der Waals surface area contributed by atoms with Crippen LogP contribution in [0.15, 0.2) is 48.5 Å². The minimum Gasteiger partial charge on any atom is -0.495 e. The lowest BCUT2D eigenvalue weighted by atomic mass is 10.1. The van der Waals surface area contributed by atoms with Crippen molar-refractivity contribution in [2.45, 2.75) is 13.0 Å². The fraction of sp³-hybridized carbons (Fsp3) is 0.458. The van der Waals surface area contributed by atoms with Crippen molar-refractivity contribution in [1.29, 1.82) is 0 Å². The van der Waals surface area contributed by atoms with Crippen LogP contribution in [0, 0.1) is 6.92 Å². The zero-order chi connectivity index (χ0) is 20.9. The summed E-state index contributed by atoms with van der Waals surface area (Å²) < 4.78 is 11.5. The fourth-order valence-electron chi connectivity index (χ4n) is 4.35. The van der Waals surface area contributed by atoms with Gasteiger partial charge in [-0.05, 0) is 30.7 Å². The maximum absolute atomic E-state index is 13.0. The maximum atomic E-state index is 13.0. The largest absolute Gasteiger partial charge is 0.495 e. The van der Waals surface area contributed by atoms with Gasteiger partial charge in [0, 0.05) is 51.4 Å². The SMILES string of the molecule is COc1ccccc1N1CCN(C[C@@H]2CN(C(=O)c3ccccc3C)CCO2)CC1. The number of nitrogens with zero attached hydrogens (tertiary/aromatic N) is 3. The fourth-order valence-corrected chi connectivity index (χ4v) is 4.35. The quantitative estimate of drug-likeness (QED) is 0.760. The standard InChI is InChI=1S/C24H31N3O3/c1-19-7-3-4-8-21(19)24(28)27-15-16-30-20(18-27)17-25-11-13-26(14-12-25)22-9-5-6-10-23(22)29-2/h3-10,20H,11-18H2,1-2H3/t20-/m1/s1. The number of amides is 1. The molecule has 6 nitrogen and oxygen atoms in total. The van der Waals surface area contributed by atoms with Crippen LogP contribution in [0.25, 0.3) is 0 Å². The molecule has 2 aromatic carbocycles. The molecule has 2 aromatic rings. The molecule has 4 rings (SSSR count). The second-order valence-electron chi connectivity index (χ2n) is 8.02. The Morgan fingerprint density at radius 1 is 1.03 bits per heavy atom. The van der Waals surface area contributed by atoms with Crippen LogP contribution in [0.3, 0.4) is 0 Å². The number of carbonyl (C=O) groups is 1. The van der Waals surface area contributed by atoms with Crippen LogP contribution in [0.5, 0.6) is 5.75 Å². The lowest BCUT2D eigenvalue weighted by molar-refractivity contribution is -0.0363. The molecular weight excluding hydrogens is 378 g/mol. The molecule has 160 valence electrons. The summed E-state index contributed by atoms with van der Waals surface area (Å²) in [6.45, 7) is 8.63. The Morgan fingerprint density at radius 2 is 1.77 bits per heavy atom. The van der Waals surface area contributed by atoms with Crippen LogP contribution < -0.4 is 9.64 Å². The molecule has 6 heteroatoms. The van der Waals surface area contributed by atoms with E-state index in [9.17, 15) is 4.79 Å². The maximum Gasteiger partial charge on any atom is 0.254 e. The van der Waals surface area contributed by atoms with E-state index in [0.717, 1.165) is 55.3 Å². The first kappa shape index (κ1) is 20.7. The molecule has 0 bridgehead atoms. The average molecular weight is 410 g/mol. The van der Waals surface area contributed by atoms with Gasteiger partial charge in [-0.15, -0.1) is 0 Å². The highest BCUT2D eigenvalue weighted by Crippen LogP contribution is 2.28. The van der Waals surface area contributed by atoms with Gasteiger partial charge in [0.1, 0.15) is 5.75 Å². The number of hydrogen-bond donors (Lipinski definition) is 0. The highest BCUT2D eigenvalue weighted by molar-refractivity contribution is 5.95. The number of aryl methyl sites for hydroxylation is 1. The number of methoxy groups -OCH3 is 1. The van der Waals surface area contributed by atoms with E-state index in [-0.39, 0.29) is 12.0 Å². The summed E-state index contributed by atoms with van der Waals surface area (Å²) in [6.07, 6.45) is 0.0597. The minimum atomic E-state index is 0.0597. The molecule has 2 fully saturated rings. The third-order valence-electron chi connectivity index (χ3n) is 6.06. The van der Waals surface area contributed by atoms with Gasteiger partial charge in [-0.2, -0.15) is 0 Å². The zero-order valence-electron chi connectivity index (χ0n) is 17.9. The van der Waals surface area contributed by atoms with Crippen LogP contribution in [0.1, 0.15) is 15.9 Å². The predicted molar refractivity (Wildman–Crippen MR) is 118 cm³/mol. The first-order valence-corrected chi connectivity index (χ1v) is 10.7. The van der Waals surface area contributed by atoms with E-state index in [1.54, 1.807) is 7.11 Å². The molecule has 30 heavy (non-hydrogen) atoms. The van der Waals surface area contributed by atoms with Crippen molar-refractivity contribution in [1.82, 2.24) is 9.80 Å². The first-order valence-electron chi connectivity index (χ1n) is 10.7. The minimum absolute atomic E-state index is 0.0597. The smallest absolute Gasteiger partial charge is 0.254 e. The second-order valence-corrected chi connectivity index (χ2v) is 8.02. The Hall–Kier alpha value is -2.57. The lowest BCUT2D eigenvalue weighted by Crippen LogP contribution is -2.53. The van der Waals surface area contributed by atoms with Crippen molar-refractivity contribution >= 4 is 11.6 Å². The Labute approximate surface area is 179 Å². The number of para-hydroxylation sites is 2. The zero-order valence-corrected chi connectivity index (χ0v) is 17.9. The molecule has 1 amide bonds. The number of carbonyl (C=O) groups excluding carboxylic acids is 1. The average Bonchev–Trinajstić information content (AvgIpc) is 2.80. The molecule has 2 aliphatic rings. The van der Waals surface area contributed by atoms with Gasteiger partial charge < -0.3 is 19.3 Å². The predicted octanol–water partition coefficient (Wildman–Crippen LogP) is 2.67. The van der Waals surface area contributed by atoms with Crippen LogP contribution in [0.2, 0.25) is 0 Å². The summed E-state index contributed by atoms with van der Waals surface area (Å²) in [5, 5.41) is 0. The van der Waals surface area contributed by atoms with Gasteiger partial charge in [-0.25, -0.2) is 0 Å². The molecule has 2 heterocycles. The molecule has 0 saturated carbocycles. The molecule has 1 atom stereocenters. The van der Waals surface area contributed by atoms with E-state index in [0.29, 0.717) is 19.7 Å². The van der Waals surface area contributed by atoms with Crippen LogP contribution in [0.4, 0.5) is 5.69 Å². The number of hydrogen-bond acceptors (Lipinski definition) is 5. The molecule has 2 saturated heterocycles. The van der Waals surface area contributed by atoms with Gasteiger partial charge in [-0.3, -0.25) is 9.69 Å². The van der Waals surface area contributed by atoms with Gasteiger partial charge in [0.25, 0.3) is 5.91 Å². The summed E-state index contributed by atoms with van der Waals surface area (Å²) >= 11 is 0. The molecule has 2 aliphatic heterocycles. The Balaban J connectivity index is 1.31. The van der Waals surface area contributed by atoms with E-state index in [4.69, 9.17) is 9.47 Å². The second kappa shape index (κ2) is 9.49. The Bertz CT molecular complexity index is 864.